The number of rotatable bonds is 6. The number of nitrogens with zero attached hydrogens (tertiary/aromatic N) is 5. The molecule has 0 aliphatic carbocycles. The standard InChI is InChI=1S/C25H21ClN6O4S/c1-13-6-15(16-7-21(26)28-10-19(16)35-2)17(9-27-13)23(33)31-25-30-18-11-32(12-20(18)37-25)24(34)14-4-5-22(36-3)29-8-14/h4-10H,11-12H2,1-3H3,(H,30,31,33). The molecule has 0 atom stereocenters. The van der Waals surface area contributed by atoms with Crippen LogP contribution in [0.1, 0.15) is 37.0 Å². The molecule has 1 N–H and O–H groups in total. The van der Waals surface area contributed by atoms with Crippen molar-refractivity contribution in [1.29, 1.82) is 0 Å². The smallest absolute Gasteiger partial charge is 0.259 e. The van der Waals surface area contributed by atoms with Crippen LogP contribution in [-0.4, -0.2) is 50.9 Å². The number of aromatic nitrogens is 4. The quantitative estimate of drug-likeness (QED) is 0.360. The van der Waals surface area contributed by atoms with Crippen molar-refractivity contribution in [2.45, 2.75) is 20.0 Å². The van der Waals surface area contributed by atoms with Crippen LogP contribution in [0.3, 0.4) is 0 Å². The zero-order chi connectivity index (χ0) is 26.1. The topological polar surface area (TPSA) is 119 Å². The lowest BCUT2D eigenvalue weighted by molar-refractivity contribution is 0.0750. The number of carbonyl (C=O) groups is 2. The van der Waals surface area contributed by atoms with Gasteiger partial charge in [0.25, 0.3) is 11.8 Å². The number of hydrogen-bond donors (Lipinski definition) is 1. The maximum absolute atomic E-state index is 13.3. The Balaban J connectivity index is 1.34. The predicted octanol–water partition coefficient (Wildman–Crippen LogP) is 4.38. The SMILES string of the molecule is COc1ccc(C(=O)N2Cc3nc(NC(=O)c4cnc(C)cc4-c4cc(Cl)ncc4OC)sc3C2)cn1. The molecular weight excluding hydrogens is 516 g/mol. The van der Waals surface area contributed by atoms with Gasteiger partial charge >= 0.3 is 0 Å². The zero-order valence-corrected chi connectivity index (χ0v) is 21.7. The molecule has 0 bridgehead atoms. The molecule has 37 heavy (non-hydrogen) atoms. The van der Waals surface area contributed by atoms with E-state index in [2.05, 4.69) is 25.3 Å². The van der Waals surface area contributed by atoms with Crippen molar-refractivity contribution >= 4 is 39.9 Å². The Labute approximate surface area is 221 Å². The minimum atomic E-state index is -0.373. The predicted molar refractivity (Wildman–Crippen MR) is 138 cm³/mol. The molecule has 0 aromatic carbocycles. The highest BCUT2D eigenvalue weighted by Crippen LogP contribution is 2.35. The Kier molecular flexibility index (Phi) is 6.72. The van der Waals surface area contributed by atoms with Crippen molar-refractivity contribution in [3.8, 4) is 22.8 Å². The lowest BCUT2D eigenvalue weighted by atomic mass is 10.0. The van der Waals surface area contributed by atoms with Gasteiger partial charge < -0.3 is 14.4 Å². The lowest BCUT2D eigenvalue weighted by Gasteiger charge is -2.15. The Morgan fingerprint density at radius 2 is 1.86 bits per heavy atom. The van der Waals surface area contributed by atoms with E-state index in [1.165, 1.54) is 44.1 Å². The average Bonchev–Trinajstić information content (AvgIpc) is 3.47. The lowest BCUT2D eigenvalue weighted by Crippen LogP contribution is -2.25. The monoisotopic (exact) mass is 536 g/mol. The number of anilines is 1. The van der Waals surface area contributed by atoms with E-state index in [-0.39, 0.29) is 17.0 Å². The molecule has 0 unspecified atom stereocenters. The van der Waals surface area contributed by atoms with Crippen molar-refractivity contribution in [2.75, 3.05) is 19.5 Å². The average molecular weight is 537 g/mol. The second-order valence-electron chi connectivity index (χ2n) is 8.17. The molecule has 1 aliphatic rings. The fourth-order valence-corrected chi connectivity index (χ4v) is 5.11. The molecule has 5 rings (SSSR count). The third kappa shape index (κ3) is 4.95. The van der Waals surface area contributed by atoms with Crippen LogP contribution in [0.2, 0.25) is 5.15 Å². The number of pyridine rings is 3. The van der Waals surface area contributed by atoms with Gasteiger partial charge in [-0.3, -0.25) is 19.9 Å². The summed E-state index contributed by atoms with van der Waals surface area (Å²) in [5.74, 6) is 0.402. The highest BCUT2D eigenvalue weighted by molar-refractivity contribution is 7.16. The van der Waals surface area contributed by atoms with Crippen LogP contribution in [0.25, 0.3) is 11.1 Å². The maximum atomic E-state index is 13.3. The normalized spacial score (nSPS) is 12.3. The number of amides is 2. The molecule has 1 aliphatic heterocycles. The van der Waals surface area contributed by atoms with Gasteiger partial charge in [-0.15, -0.1) is 0 Å². The molecule has 0 fully saturated rings. The van der Waals surface area contributed by atoms with Crippen molar-refractivity contribution < 1.29 is 19.1 Å². The molecule has 0 saturated carbocycles. The Hall–Kier alpha value is -4.09. The van der Waals surface area contributed by atoms with E-state index in [9.17, 15) is 9.59 Å². The summed E-state index contributed by atoms with van der Waals surface area (Å²) in [5, 5.41) is 3.59. The molecule has 4 aromatic rings. The Bertz CT molecular complexity index is 1480. The van der Waals surface area contributed by atoms with Crippen LogP contribution in [0.15, 0.2) is 42.9 Å². The van der Waals surface area contributed by atoms with Gasteiger partial charge in [-0.05, 0) is 25.1 Å². The van der Waals surface area contributed by atoms with Gasteiger partial charge in [0.1, 0.15) is 10.9 Å². The number of ether oxygens (including phenoxy) is 2. The molecule has 0 saturated heterocycles. The molecule has 12 heteroatoms. The fraction of sp³-hybridized carbons (Fsp3) is 0.200. The van der Waals surface area contributed by atoms with Gasteiger partial charge in [-0.1, -0.05) is 22.9 Å². The van der Waals surface area contributed by atoms with Crippen molar-refractivity contribution in [1.82, 2.24) is 24.8 Å². The summed E-state index contributed by atoms with van der Waals surface area (Å²) < 4.78 is 10.5. The molecule has 10 nitrogen and oxygen atoms in total. The van der Waals surface area contributed by atoms with Crippen LogP contribution in [-0.2, 0) is 13.1 Å². The first-order chi connectivity index (χ1) is 17.9. The fourth-order valence-electron chi connectivity index (χ4n) is 3.97. The summed E-state index contributed by atoms with van der Waals surface area (Å²) in [6.07, 6.45) is 4.51. The Morgan fingerprint density at radius 1 is 1.03 bits per heavy atom. The molecule has 0 radical (unpaired) electrons. The summed E-state index contributed by atoms with van der Waals surface area (Å²) in [5.41, 5.74) is 3.52. The highest BCUT2D eigenvalue weighted by atomic mass is 35.5. The van der Waals surface area contributed by atoms with Crippen molar-refractivity contribution in [3.05, 3.63) is 75.4 Å². The van der Waals surface area contributed by atoms with Gasteiger partial charge in [0.15, 0.2) is 5.13 Å². The number of thiazole rings is 1. The third-order valence-corrected chi connectivity index (χ3v) is 6.99. The van der Waals surface area contributed by atoms with Gasteiger partial charge in [0.05, 0.1) is 55.2 Å². The van der Waals surface area contributed by atoms with Crippen LogP contribution >= 0.6 is 22.9 Å². The molecular formula is C25H21ClN6O4S. The van der Waals surface area contributed by atoms with E-state index in [1.54, 1.807) is 29.2 Å². The van der Waals surface area contributed by atoms with E-state index in [0.717, 1.165) is 16.3 Å². The van der Waals surface area contributed by atoms with Crippen molar-refractivity contribution in [3.63, 3.8) is 0 Å². The number of nitrogens with one attached hydrogen (secondary N) is 1. The highest BCUT2D eigenvalue weighted by Gasteiger charge is 2.29. The summed E-state index contributed by atoms with van der Waals surface area (Å²) in [7, 11) is 3.05. The van der Waals surface area contributed by atoms with Crippen LogP contribution in [0.4, 0.5) is 5.13 Å². The van der Waals surface area contributed by atoms with Gasteiger partial charge in [-0.2, -0.15) is 0 Å². The van der Waals surface area contributed by atoms with Gasteiger partial charge in [0, 0.05) is 35.3 Å². The minimum Gasteiger partial charge on any atom is -0.494 e. The number of fused-ring (bicyclic) bond motifs is 1. The van der Waals surface area contributed by atoms with Gasteiger partial charge in [-0.25, -0.2) is 15.0 Å². The summed E-state index contributed by atoms with van der Waals surface area (Å²) in [6, 6.07) is 6.77. The largest absolute Gasteiger partial charge is 0.494 e. The third-order valence-electron chi connectivity index (χ3n) is 5.78. The van der Waals surface area contributed by atoms with Gasteiger partial charge in [0.2, 0.25) is 5.88 Å². The molecule has 5 heterocycles. The number of methoxy groups -OCH3 is 2. The van der Waals surface area contributed by atoms with E-state index in [0.29, 0.717) is 52.1 Å². The van der Waals surface area contributed by atoms with Crippen LogP contribution in [0, 0.1) is 6.92 Å². The minimum absolute atomic E-state index is 0.147. The number of hydrogen-bond acceptors (Lipinski definition) is 9. The Morgan fingerprint density at radius 3 is 2.57 bits per heavy atom. The summed E-state index contributed by atoms with van der Waals surface area (Å²) >= 11 is 7.46. The van der Waals surface area contributed by atoms with E-state index in [4.69, 9.17) is 21.1 Å². The molecule has 4 aromatic heterocycles. The first kappa shape index (κ1) is 24.6. The van der Waals surface area contributed by atoms with E-state index in [1.807, 2.05) is 6.92 Å². The van der Waals surface area contributed by atoms with E-state index < -0.39 is 0 Å². The maximum Gasteiger partial charge on any atom is 0.259 e. The van der Waals surface area contributed by atoms with Crippen LogP contribution < -0.4 is 14.8 Å². The summed E-state index contributed by atoms with van der Waals surface area (Å²) in [6.45, 7) is 2.58. The second kappa shape index (κ2) is 10.1. The molecule has 188 valence electrons. The second-order valence-corrected chi connectivity index (χ2v) is 9.64. The zero-order valence-electron chi connectivity index (χ0n) is 20.1. The summed E-state index contributed by atoms with van der Waals surface area (Å²) in [4.78, 5) is 45.8. The number of carbonyl (C=O) groups excluding carboxylic acids is 2. The molecule has 2 amide bonds. The van der Waals surface area contributed by atoms with Crippen LogP contribution in [0.5, 0.6) is 11.6 Å². The first-order valence-electron chi connectivity index (χ1n) is 11.1. The van der Waals surface area contributed by atoms with Crippen molar-refractivity contribution in [2.24, 2.45) is 0 Å². The van der Waals surface area contributed by atoms with E-state index >= 15 is 0 Å². The number of halogens is 1. The number of aryl methyl sites for hydroxylation is 1. The molecule has 0 spiro atoms. The first-order valence-corrected chi connectivity index (χ1v) is 12.3.